The van der Waals surface area contributed by atoms with Crippen LogP contribution in [0.2, 0.25) is 0 Å². The third kappa shape index (κ3) is 6.04. The Labute approximate surface area is 183 Å². The molecule has 2 aromatic rings. The molecule has 6 heteroatoms. The number of rotatable bonds is 6. The number of carbonyl (C=O) groups excluding carboxylic acids is 3. The van der Waals surface area contributed by atoms with Crippen LogP contribution in [0.5, 0.6) is 0 Å². The first-order valence-electron chi connectivity index (χ1n) is 10.6. The lowest BCUT2D eigenvalue weighted by Crippen LogP contribution is -2.44. The molecule has 0 bridgehead atoms. The van der Waals surface area contributed by atoms with Crippen molar-refractivity contribution in [3.05, 3.63) is 71.3 Å². The van der Waals surface area contributed by atoms with E-state index in [4.69, 9.17) is 0 Å². The van der Waals surface area contributed by atoms with Gasteiger partial charge >= 0.3 is 0 Å². The van der Waals surface area contributed by atoms with Crippen molar-refractivity contribution in [1.82, 2.24) is 10.2 Å². The van der Waals surface area contributed by atoms with Crippen LogP contribution in [-0.4, -0.2) is 49.3 Å². The van der Waals surface area contributed by atoms with Crippen molar-refractivity contribution in [3.63, 3.8) is 0 Å². The van der Waals surface area contributed by atoms with E-state index in [0.717, 1.165) is 43.5 Å². The minimum atomic E-state index is -0.260. The lowest BCUT2D eigenvalue weighted by atomic mass is 10.1. The molecule has 0 atom stereocenters. The number of likely N-dealkylation sites (tertiary alicyclic amines) is 1. The minimum Gasteiger partial charge on any atom is -0.355 e. The molecule has 1 N–H and O–H groups in total. The Morgan fingerprint density at radius 3 is 2.23 bits per heavy atom. The van der Waals surface area contributed by atoms with E-state index in [2.05, 4.69) is 5.32 Å². The van der Waals surface area contributed by atoms with Crippen LogP contribution >= 0.6 is 0 Å². The quantitative estimate of drug-likeness (QED) is 0.730. The summed E-state index contributed by atoms with van der Waals surface area (Å²) in [7, 11) is 1.58. The van der Waals surface area contributed by atoms with Crippen molar-refractivity contribution in [1.29, 1.82) is 0 Å². The van der Waals surface area contributed by atoms with Gasteiger partial charge in [-0.05, 0) is 62.1 Å². The monoisotopic (exact) mass is 419 g/mol. The molecule has 2 aromatic carbocycles. The molecule has 1 aliphatic rings. The lowest BCUT2D eigenvalue weighted by molar-refractivity contribution is -0.131. The summed E-state index contributed by atoms with van der Waals surface area (Å²) in [5.74, 6) is -0.449. The molecule has 3 rings (SSSR count). The van der Waals surface area contributed by atoms with Gasteiger partial charge in [-0.15, -0.1) is 0 Å². The van der Waals surface area contributed by atoms with E-state index in [1.165, 1.54) is 11.0 Å². The van der Waals surface area contributed by atoms with E-state index in [1.54, 1.807) is 37.4 Å². The van der Waals surface area contributed by atoms with Gasteiger partial charge < -0.3 is 10.2 Å². The number of amides is 3. The number of aryl methyl sites for hydroxylation is 1. The van der Waals surface area contributed by atoms with Crippen molar-refractivity contribution in [2.24, 2.45) is 0 Å². The Bertz CT molecular complexity index is 943. The normalized spacial score (nSPS) is 13.8. The van der Waals surface area contributed by atoms with Crippen molar-refractivity contribution in [2.45, 2.75) is 26.2 Å². The molecule has 3 amide bonds. The number of hydrogen-bond donors (Lipinski definition) is 1. The summed E-state index contributed by atoms with van der Waals surface area (Å²) in [6.07, 6.45) is 6.33. The van der Waals surface area contributed by atoms with Gasteiger partial charge in [-0.2, -0.15) is 0 Å². The molecule has 0 aromatic heterocycles. The first-order chi connectivity index (χ1) is 15.0. The molecule has 31 heavy (non-hydrogen) atoms. The second kappa shape index (κ2) is 10.6. The molecular formula is C25H29N3O3. The van der Waals surface area contributed by atoms with Gasteiger partial charge in [0.15, 0.2) is 0 Å². The van der Waals surface area contributed by atoms with Crippen LogP contribution in [-0.2, 0) is 9.59 Å². The topological polar surface area (TPSA) is 69.7 Å². The molecule has 0 unspecified atom stereocenters. The SMILES string of the molecule is CNC(=O)c1ccc(/C=C/C(=O)N(CC(=O)N2CCCCC2)c2ccc(C)cc2)cc1. The van der Waals surface area contributed by atoms with Gasteiger partial charge in [-0.25, -0.2) is 0 Å². The summed E-state index contributed by atoms with van der Waals surface area (Å²) in [6.45, 7) is 3.50. The Morgan fingerprint density at radius 2 is 1.61 bits per heavy atom. The fourth-order valence-corrected chi connectivity index (χ4v) is 3.55. The van der Waals surface area contributed by atoms with Crippen LogP contribution in [0.3, 0.4) is 0 Å². The predicted molar refractivity (Wildman–Crippen MR) is 123 cm³/mol. The highest BCUT2D eigenvalue weighted by Gasteiger charge is 2.22. The maximum absolute atomic E-state index is 13.0. The van der Waals surface area contributed by atoms with Crippen LogP contribution in [0, 0.1) is 6.92 Å². The number of piperidine rings is 1. The van der Waals surface area contributed by atoms with Crippen molar-refractivity contribution >= 4 is 29.5 Å². The zero-order valence-electron chi connectivity index (χ0n) is 18.1. The molecule has 162 valence electrons. The third-order valence-electron chi connectivity index (χ3n) is 5.43. The fraction of sp³-hybridized carbons (Fsp3) is 0.320. The number of benzene rings is 2. The van der Waals surface area contributed by atoms with Crippen molar-refractivity contribution in [3.8, 4) is 0 Å². The second-order valence-electron chi connectivity index (χ2n) is 7.74. The highest BCUT2D eigenvalue weighted by Crippen LogP contribution is 2.18. The average Bonchev–Trinajstić information content (AvgIpc) is 2.82. The summed E-state index contributed by atoms with van der Waals surface area (Å²) >= 11 is 0. The van der Waals surface area contributed by atoms with Gasteiger partial charge in [-0.3, -0.25) is 19.3 Å². The molecule has 0 aliphatic carbocycles. The van der Waals surface area contributed by atoms with Crippen LogP contribution in [0.25, 0.3) is 6.08 Å². The minimum absolute atomic E-state index is 0.0157. The van der Waals surface area contributed by atoms with Gasteiger partial charge in [0.2, 0.25) is 5.91 Å². The van der Waals surface area contributed by atoms with E-state index >= 15 is 0 Å². The van der Waals surface area contributed by atoms with E-state index in [9.17, 15) is 14.4 Å². The molecule has 6 nitrogen and oxygen atoms in total. The number of nitrogens with zero attached hydrogens (tertiary/aromatic N) is 2. The van der Waals surface area contributed by atoms with Gasteiger partial charge in [0.05, 0.1) is 0 Å². The van der Waals surface area contributed by atoms with Crippen LogP contribution < -0.4 is 10.2 Å². The Balaban J connectivity index is 1.76. The number of carbonyl (C=O) groups is 3. The maximum atomic E-state index is 13.0. The van der Waals surface area contributed by atoms with Crippen LogP contribution in [0.15, 0.2) is 54.6 Å². The number of hydrogen-bond acceptors (Lipinski definition) is 3. The molecule has 1 heterocycles. The molecule has 1 saturated heterocycles. The van der Waals surface area contributed by atoms with Gasteiger partial charge in [0.1, 0.15) is 6.54 Å². The number of nitrogens with one attached hydrogen (secondary N) is 1. The van der Waals surface area contributed by atoms with E-state index in [1.807, 2.05) is 36.1 Å². The highest BCUT2D eigenvalue weighted by molar-refractivity contribution is 6.06. The van der Waals surface area contributed by atoms with Gasteiger partial charge in [0, 0.05) is 37.5 Å². The summed E-state index contributed by atoms with van der Waals surface area (Å²) in [5.41, 5.74) is 3.14. The van der Waals surface area contributed by atoms with Crippen molar-refractivity contribution in [2.75, 3.05) is 31.6 Å². The first kappa shape index (κ1) is 22.3. The van der Waals surface area contributed by atoms with Crippen LogP contribution in [0.4, 0.5) is 5.69 Å². The third-order valence-corrected chi connectivity index (χ3v) is 5.43. The molecule has 0 radical (unpaired) electrons. The van der Waals surface area contributed by atoms with Crippen LogP contribution in [0.1, 0.15) is 40.7 Å². The maximum Gasteiger partial charge on any atom is 0.251 e. The second-order valence-corrected chi connectivity index (χ2v) is 7.74. The van der Waals surface area contributed by atoms with E-state index in [-0.39, 0.29) is 24.3 Å². The summed E-state index contributed by atoms with van der Waals surface area (Å²) in [6, 6.07) is 14.6. The van der Waals surface area contributed by atoms with Crippen molar-refractivity contribution < 1.29 is 14.4 Å². The first-order valence-corrected chi connectivity index (χ1v) is 10.6. The summed E-state index contributed by atoms with van der Waals surface area (Å²) in [5, 5.41) is 2.58. The molecule has 0 saturated carbocycles. The lowest BCUT2D eigenvalue weighted by Gasteiger charge is -2.29. The molecule has 1 fully saturated rings. The molecular weight excluding hydrogens is 390 g/mol. The zero-order valence-corrected chi connectivity index (χ0v) is 18.1. The Hall–Kier alpha value is -3.41. The van der Waals surface area contributed by atoms with Gasteiger partial charge in [0.25, 0.3) is 11.8 Å². The average molecular weight is 420 g/mol. The Kier molecular flexibility index (Phi) is 7.60. The molecule has 1 aliphatic heterocycles. The highest BCUT2D eigenvalue weighted by atomic mass is 16.2. The largest absolute Gasteiger partial charge is 0.355 e. The smallest absolute Gasteiger partial charge is 0.251 e. The zero-order chi connectivity index (χ0) is 22.2. The number of anilines is 1. The Morgan fingerprint density at radius 1 is 0.968 bits per heavy atom. The standard InChI is InChI=1S/C25H29N3O3/c1-19-6-13-22(14-7-19)28(18-24(30)27-16-4-3-5-17-27)23(29)15-10-20-8-11-21(12-9-20)25(31)26-2/h6-15H,3-5,16-18H2,1-2H3,(H,26,31)/b15-10+. The summed E-state index contributed by atoms with van der Waals surface area (Å²) < 4.78 is 0. The van der Waals surface area contributed by atoms with E-state index in [0.29, 0.717) is 11.3 Å². The predicted octanol–water partition coefficient (Wildman–Crippen LogP) is 3.41. The molecule has 0 spiro atoms. The van der Waals surface area contributed by atoms with Gasteiger partial charge in [-0.1, -0.05) is 29.8 Å². The summed E-state index contributed by atoms with van der Waals surface area (Å²) in [4.78, 5) is 40.9. The van der Waals surface area contributed by atoms with E-state index < -0.39 is 0 Å². The fourth-order valence-electron chi connectivity index (χ4n) is 3.55.